The Labute approximate surface area is 109 Å². The number of carbonyl (C=O) groups is 2. The molecule has 0 aliphatic rings. The summed E-state index contributed by atoms with van der Waals surface area (Å²) in [6.45, 7) is 5.86. The van der Waals surface area contributed by atoms with Crippen molar-refractivity contribution in [3.8, 4) is 0 Å². The second-order valence-corrected chi connectivity index (χ2v) is 5.70. The van der Waals surface area contributed by atoms with Gasteiger partial charge >= 0.3 is 5.97 Å². The number of hydrogen-bond acceptors (Lipinski definition) is 4. The summed E-state index contributed by atoms with van der Waals surface area (Å²) in [4.78, 5) is 22.3. The van der Waals surface area contributed by atoms with Crippen LogP contribution in [-0.2, 0) is 19.1 Å². The molecule has 0 rings (SSSR count). The van der Waals surface area contributed by atoms with Gasteiger partial charge in [0, 0.05) is 6.54 Å². The van der Waals surface area contributed by atoms with Crippen molar-refractivity contribution in [3.05, 3.63) is 0 Å². The Hall–Kier alpha value is -0.370. The first-order chi connectivity index (χ1) is 7.26. The number of esters is 1. The first kappa shape index (κ1) is 15.6. The van der Waals surface area contributed by atoms with Gasteiger partial charge in [-0.3, -0.25) is 9.59 Å². The summed E-state index contributed by atoms with van der Waals surface area (Å²) in [6, 6.07) is 0. The molecule has 1 unspecified atom stereocenters. The molecule has 0 aromatic heterocycles. The predicted molar refractivity (Wildman–Crippen MR) is 68.5 cm³/mol. The van der Waals surface area contributed by atoms with Gasteiger partial charge in [-0.25, -0.2) is 0 Å². The van der Waals surface area contributed by atoms with Crippen LogP contribution in [0.2, 0.25) is 0 Å². The van der Waals surface area contributed by atoms with Crippen molar-refractivity contribution in [3.63, 3.8) is 0 Å². The van der Waals surface area contributed by atoms with E-state index < -0.39 is 0 Å². The molecular weight excluding hydrogens is 325 g/mol. The average molecular weight is 343 g/mol. The second kappa shape index (κ2) is 7.05. The van der Waals surface area contributed by atoms with Crippen LogP contribution in [0.5, 0.6) is 0 Å². The Balaban J connectivity index is 3.78. The van der Waals surface area contributed by atoms with Crippen molar-refractivity contribution in [1.82, 2.24) is 5.32 Å². The zero-order chi connectivity index (χ0) is 12.8. The number of halogens is 1. The number of alkyl halides is 1. The van der Waals surface area contributed by atoms with Gasteiger partial charge in [0.2, 0.25) is 5.91 Å². The Morgan fingerprint density at radius 1 is 1.38 bits per heavy atom. The number of hydrogen-bond donors (Lipinski definition) is 1. The molecule has 6 heteroatoms. The van der Waals surface area contributed by atoms with Crippen LogP contribution in [0.15, 0.2) is 0 Å². The minimum Gasteiger partial charge on any atom is -0.468 e. The molecule has 0 aliphatic heterocycles. The molecular formula is C10H18INO4. The highest BCUT2D eigenvalue weighted by atomic mass is 127. The van der Waals surface area contributed by atoms with Crippen LogP contribution in [0.4, 0.5) is 0 Å². The minimum absolute atomic E-state index is 0.00592. The summed E-state index contributed by atoms with van der Waals surface area (Å²) in [5, 5.41) is 2.60. The molecule has 0 bridgehead atoms. The molecule has 0 aliphatic carbocycles. The predicted octanol–water partition coefficient (Wildman–Crippen LogP) is 0.894. The SMILES string of the molecule is COC(=O)C(I)CNC(=O)COC(C)(C)C. The summed E-state index contributed by atoms with van der Waals surface area (Å²) in [5.41, 5.74) is -0.344. The molecule has 0 heterocycles. The van der Waals surface area contributed by atoms with Crippen molar-refractivity contribution in [1.29, 1.82) is 0 Å². The van der Waals surface area contributed by atoms with E-state index in [0.29, 0.717) is 0 Å². The first-order valence-corrected chi connectivity index (χ1v) is 6.13. The van der Waals surface area contributed by atoms with E-state index in [1.54, 1.807) is 0 Å². The molecule has 5 nitrogen and oxygen atoms in total. The number of nitrogens with one attached hydrogen (secondary N) is 1. The summed E-state index contributed by atoms with van der Waals surface area (Å²) in [7, 11) is 1.32. The lowest BCUT2D eigenvalue weighted by atomic mass is 10.2. The molecule has 1 N–H and O–H groups in total. The monoisotopic (exact) mass is 343 g/mol. The fourth-order valence-corrected chi connectivity index (χ4v) is 1.22. The standard InChI is InChI=1S/C10H18INO4/c1-10(2,3)16-6-8(13)12-5-7(11)9(14)15-4/h7H,5-6H2,1-4H3,(H,12,13). The van der Waals surface area contributed by atoms with Crippen molar-refractivity contribution in [2.45, 2.75) is 30.3 Å². The van der Waals surface area contributed by atoms with Crippen LogP contribution in [0, 0.1) is 0 Å². The van der Waals surface area contributed by atoms with Gasteiger partial charge in [0.25, 0.3) is 0 Å². The van der Waals surface area contributed by atoms with Crippen LogP contribution in [-0.4, -0.2) is 41.7 Å². The van der Waals surface area contributed by atoms with E-state index >= 15 is 0 Å². The van der Waals surface area contributed by atoms with Crippen LogP contribution < -0.4 is 5.32 Å². The normalized spacial score (nSPS) is 13.1. The van der Waals surface area contributed by atoms with E-state index in [1.165, 1.54) is 7.11 Å². The van der Waals surface area contributed by atoms with E-state index in [2.05, 4.69) is 10.1 Å². The van der Waals surface area contributed by atoms with Crippen molar-refractivity contribution < 1.29 is 19.1 Å². The molecule has 0 spiro atoms. The largest absolute Gasteiger partial charge is 0.468 e. The number of rotatable bonds is 5. The average Bonchev–Trinajstić information content (AvgIpc) is 2.20. The Morgan fingerprint density at radius 3 is 2.38 bits per heavy atom. The number of methoxy groups -OCH3 is 1. The Morgan fingerprint density at radius 2 is 1.94 bits per heavy atom. The minimum atomic E-state index is -0.374. The number of carbonyl (C=O) groups excluding carboxylic acids is 2. The molecule has 0 radical (unpaired) electrons. The Kier molecular flexibility index (Phi) is 6.89. The fraction of sp³-hybridized carbons (Fsp3) is 0.800. The van der Waals surface area contributed by atoms with Gasteiger partial charge < -0.3 is 14.8 Å². The van der Waals surface area contributed by atoms with Gasteiger partial charge in [-0.05, 0) is 20.8 Å². The number of ether oxygens (including phenoxy) is 2. The third-order valence-corrected chi connectivity index (χ3v) is 2.52. The van der Waals surface area contributed by atoms with Gasteiger partial charge in [0.1, 0.15) is 10.5 Å². The Bertz CT molecular complexity index is 250. The molecule has 16 heavy (non-hydrogen) atoms. The molecule has 1 amide bonds. The third-order valence-electron chi connectivity index (χ3n) is 1.57. The maximum Gasteiger partial charge on any atom is 0.320 e. The quantitative estimate of drug-likeness (QED) is 0.458. The zero-order valence-corrected chi connectivity index (χ0v) is 12.2. The van der Waals surface area contributed by atoms with E-state index in [4.69, 9.17) is 4.74 Å². The summed E-state index contributed by atoms with van der Waals surface area (Å²) in [6.07, 6.45) is 0. The van der Waals surface area contributed by atoms with Gasteiger partial charge in [0.15, 0.2) is 0 Å². The molecule has 0 saturated heterocycles. The molecule has 1 atom stereocenters. The lowest BCUT2D eigenvalue weighted by molar-refractivity contribution is -0.139. The topological polar surface area (TPSA) is 64.6 Å². The molecule has 94 valence electrons. The lowest BCUT2D eigenvalue weighted by Gasteiger charge is -2.19. The van der Waals surface area contributed by atoms with Crippen molar-refractivity contribution >= 4 is 34.5 Å². The van der Waals surface area contributed by atoms with Crippen LogP contribution in [0.3, 0.4) is 0 Å². The highest BCUT2D eigenvalue weighted by Crippen LogP contribution is 2.05. The van der Waals surface area contributed by atoms with E-state index in [1.807, 2.05) is 43.4 Å². The van der Waals surface area contributed by atoms with E-state index in [9.17, 15) is 9.59 Å². The van der Waals surface area contributed by atoms with E-state index in [-0.39, 0.29) is 34.6 Å². The van der Waals surface area contributed by atoms with E-state index in [0.717, 1.165) is 0 Å². The fourth-order valence-electron chi connectivity index (χ4n) is 0.748. The lowest BCUT2D eigenvalue weighted by Crippen LogP contribution is -2.37. The highest BCUT2D eigenvalue weighted by molar-refractivity contribution is 14.1. The third kappa shape index (κ3) is 7.86. The molecule has 0 fully saturated rings. The smallest absolute Gasteiger partial charge is 0.320 e. The number of amides is 1. The zero-order valence-electron chi connectivity index (χ0n) is 10.0. The van der Waals surface area contributed by atoms with Gasteiger partial charge in [-0.15, -0.1) is 0 Å². The molecule has 0 saturated carbocycles. The van der Waals surface area contributed by atoms with Crippen LogP contribution in [0.25, 0.3) is 0 Å². The first-order valence-electron chi connectivity index (χ1n) is 4.89. The van der Waals surface area contributed by atoms with Gasteiger partial charge in [0.05, 0.1) is 12.7 Å². The maximum atomic E-state index is 11.3. The summed E-state index contributed by atoms with van der Waals surface area (Å²) in [5.74, 6) is -0.585. The van der Waals surface area contributed by atoms with Crippen LogP contribution in [0.1, 0.15) is 20.8 Å². The van der Waals surface area contributed by atoms with Gasteiger partial charge in [-0.1, -0.05) is 22.6 Å². The maximum absolute atomic E-state index is 11.3. The second-order valence-electron chi connectivity index (χ2n) is 4.20. The van der Waals surface area contributed by atoms with Gasteiger partial charge in [-0.2, -0.15) is 0 Å². The molecule has 0 aromatic carbocycles. The highest BCUT2D eigenvalue weighted by Gasteiger charge is 2.17. The molecule has 0 aromatic rings. The van der Waals surface area contributed by atoms with Crippen molar-refractivity contribution in [2.24, 2.45) is 0 Å². The van der Waals surface area contributed by atoms with Crippen molar-refractivity contribution in [2.75, 3.05) is 20.3 Å². The summed E-state index contributed by atoms with van der Waals surface area (Å²) >= 11 is 1.92. The van der Waals surface area contributed by atoms with Crippen LogP contribution >= 0.6 is 22.6 Å². The summed E-state index contributed by atoms with van der Waals surface area (Å²) < 4.78 is 9.44.